The molecule has 1 atom stereocenters. The Balaban J connectivity index is 4.80. The molecule has 0 spiro atoms. The lowest BCUT2D eigenvalue weighted by atomic mass is 9.99. The standard InChI is InChI=1S/C13H25NO/c1-8-11(6)12(7)13(15)14(9(2)3)10(4)5/h8-10,12H,1-7H3/b11-8-/t12-/m1/s1. The molecule has 0 saturated carbocycles. The summed E-state index contributed by atoms with van der Waals surface area (Å²) in [5.74, 6) is 0.232. The van der Waals surface area contributed by atoms with E-state index < -0.39 is 0 Å². The summed E-state index contributed by atoms with van der Waals surface area (Å²) in [6.07, 6.45) is 2.02. The Morgan fingerprint density at radius 3 is 1.73 bits per heavy atom. The van der Waals surface area contributed by atoms with Gasteiger partial charge in [-0.15, -0.1) is 0 Å². The zero-order valence-electron chi connectivity index (χ0n) is 11.2. The molecule has 0 bridgehead atoms. The predicted molar refractivity (Wildman–Crippen MR) is 65.7 cm³/mol. The lowest BCUT2D eigenvalue weighted by Crippen LogP contribution is -2.44. The molecule has 2 heteroatoms. The van der Waals surface area contributed by atoms with Crippen LogP contribution in [0.2, 0.25) is 0 Å². The molecule has 2 nitrogen and oxygen atoms in total. The highest BCUT2D eigenvalue weighted by molar-refractivity contribution is 5.81. The molecule has 88 valence electrons. The summed E-state index contributed by atoms with van der Waals surface area (Å²) >= 11 is 0. The quantitative estimate of drug-likeness (QED) is 0.654. The van der Waals surface area contributed by atoms with Gasteiger partial charge in [0.2, 0.25) is 5.91 Å². The summed E-state index contributed by atoms with van der Waals surface area (Å²) < 4.78 is 0. The number of carbonyl (C=O) groups excluding carboxylic acids is 1. The molecule has 0 aliphatic heterocycles. The van der Waals surface area contributed by atoms with E-state index in [1.807, 2.05) is 31.7 Å². The maximum absolute atomic E-state index is 12.2. The SMILES string of the molecule is C/C=C(/C)[C@@H](C)C(=O)N(C(C)C)C(C)C. The number of allylic oxidation sites excluding steroid dienone is 1. The van der Waals surface area contributed by atoms with Gasteiger partial charge in [0, 0.05) is 12.1 Å². The van der Waals surface area contributed by atoms with Gasteiger partial charge in [0.15, 0.2) is 0 Å². The van der Waals surface area contributed by atoms with Gasteiger partial charge in [0.1, 0.15) is 0 Å². The Morgan fingerprint density at radius 1 is 1.07 bits per heavy atom. The highest BCUT2D eigenvalue weighted by Gasteiger charge is 2.25. The Bertz CT molecular complexity index is 233. The minimum absolute atomic E-state index is 0.000185. The molecule has 1 amide bonds. The molecule has 0 aromatic carbocycles. The summed E-state index contributed by atoms with van der Waals surface area (Å²) in [7, 11) is 0. The molecule has 0 fully saturated rings. The molecular formula is C13H25NO. The third kappa shape index (κ3) is 3.69. The van der Waals surface area contributed by atoms with E-state index in [9.17, 15) is 4.79 Å². The van der Waals surface area contributed by atoms with Crippen molar-refractivity contribution in [2.24, 2.45) is 5.92 Å². The van der Waals surface area contributed by atoms with Crippen molar-refractivity contribution in [3.05, 3.63) is 11.6 Å². The summed E-state index contributed by atoms with van der Waals surface area (Å²) in [6.45, 7) is 14.2. The van der Waals surface area contributed by atoms with Gasteiger partial charge in [-0.25, -0.2) is 0 Å². The molecule has 0 aromatic rings. The zero-order valence-corrected chi connectivity index (χ0v) is 11.2. The van der Waals surface area contributed by atoms with Crippen molar-refractivity contribution in [3.8, 4) is 0 Å². The average Bonchev–Trinajstić information content (AvgIpc) is 2.14. The van der Waals surface area contributed by atoms with Crippen molar-refractivity contribution in [3.63, 3.8) is 0 Å². The molecule has 0 aliphatic rings. The van der Waals surface area contributed by atoms with Crippen LogP contribution >= 0.6 is 0 Å². The van der Waals surface area contributed by atoms with E-state index in [-0.39, 0.29) is 23.9 Å². The minimum Gasteiger partial charge on any atom is -0.337 e. The van der Waals surface area contributed by atoms with Gasteiger partial charge in [-0.05, 0) is 48.5 Å². The predicted octanol–water partition coefficient (Wildman–Crippen LogP) is 3.23. The fraction of sp³-hybridized carbons (Fsp3) is 0.769. The molecule has 0 unspecified atom stereocenters. The van der Waals surface area contributed by atoms with Crippen LogP contribution in [0, 0.1) is 5.92 Å². The highest BCUT2D eigenvalue weighted by atomic mass is 16.2. The van der Waals surface area contributed by atoms with Gasteiger partial charge in [-0.2, -0.15) is 0 Å². The maximum atomic E-state index is 12.2. The second-order valence-corrected chi connectivity index (χ2v) is 4.69. The van der Waals surface area contributed by atoms with Crippen molar-refractivity contribution in [2.45, 2.75) is 60.5 Å². The number of hydrogen-bond donors (Lipinski definition) is 0. The van der Waals surface area contributed by atoms with Crippen LogP contribution in [-0.4, -0.2) is 22.9 Å². The van der Waals surface area contributed by atoms with Crippen LogP contribution < -0.4 is 0 Å². The number of hydrogen-bond acceptors (Lipinski definition) is 1. The third-order valence-corrected chi connectivity index (χ3v) is 2.88. The average molecular weight is 211 g/mol. The molecule has 0 N–H and O–H groups in total. The van der Waals surface area contributed by atoms with E-state index >= 15 is 0 Å². The number of carbonyl (C=O) groups is 1. The van der Waals surface area contributed by atoms with E-state index in [2.05, 4.69) is 27.7 Å². The van der Waals surface area contributed by atoms with E-state index in [0.717, 1.165) is 5.57 Å². The van der Waals surface area contributed by atoms with Gasteiger partial charge in [-0.1, -0.05) is 11.6 Å². The topological polar surface area (TPSA) is 20.3 Å². The summed E-state index contributed by atoms with van der Waals surface area (Å²) in [5, 5.41) is 0. The molecule has 0 aliphatic carbocycles. The van der Waals surface area contributed by atoms with Gasteiger partial charge < -0.3 is 4.90 Å². The van der Waals surface area contributed by atoms with Crippen LogP contribution in [0.1, 0.15) is 48.5 Å². The first kappa shape index (κ1) is 14.2. The fourth-order valence-corrected chi connectivity index (χ4v) is 1.77. The smallest absolute Gasteiger partial charge is 0.229 e. The molecule has 0 saturated heterocycles. The van der Waals surface area contributed by atoms with E-state index in [1.54, 1.807) is 0 Å². The van der Waals surface area contributed by atoms with Gasteiger partial charge in [0.05, 0.1) is 5.92 Å². The summed E-state index contributed by atoms with van der Waals surface area (Å²) in [6, 6.07) is 0.536. The second-order valence-electron chi connectivity index (χ2n) is 4.69. The van der Waals surface area contributed by atoms with Crippen molar-refractivity contribution in [2.75, 3.05) is 0 Å². The third-order valence-electron chi connectivity index (χ3n) is 2.88. The lowest BCUT2D eigenvalue weighted by molar-refractivity contribution is -0.137. The van der Waals surface area contributed by atoms with Crippen molar-refractivity contribution in [1.29, 1.82) is 0 Å². The first-order valence-electron chi connectivity index (χ1n) is 5.77. The van der Waals surface area contributed by atoms with E-state index in [0.29, 0.717) is 0 Å². The fourth-order valence-electron chi connectivity index (χ4n) is 1.77. The van der Waals surface area contributed by atoms with Crippen LogP contribution in [0.4, 0.5) is 0 Å². The number of rotatable bonds is 4. The first-order valence-corrected chi connectivity index (χ1v) is 5.77. The van der Waals surface area contributed by atoms with Gasteiger partial charge in [0.25, 0.3) is 0 Å². The van der Waals surface area contributed by atoms with Gasteiger partial charge in [-0.3, -0.25) is 4.79 Å². The molecule has 15 heavy (non-hydrogen) atoms. The highest BCUT2D eigenvalue weighted by Crippen LogP contribution is 2.17. The summed E-state index contributed by atoms with van der Waals surface area (Å²) in [4.78, 5) is 14.2. The maximum Gasteiger partial charge on any atom is 0.229 e. The molecular weight excluding hydrogens is 186 g/mol. The van der Waals surface area contributed by atoms with Crippen LogP contribution in [0.25, 0.3) is 0 Å². The van der Waals surface area contributed by atoms with Crippen molar-refractivity contribution < 1.29 is 4.79 Å². The van der Waals surface area contributed by atoms with E-state index in [1.165, 1.54) is 0 Å². The lowest BCUT2D eigenvalue weighted by Gasteiger charge is -2.33. The van der Waals surface area contributed by atoms with Crippen LogP contribution in [0.15, 0.2) is 11.6 Å². The zero-order chi connectivity index (χ0) is 12.2. The molecule has 0 radical (unpaired) electrons. The Labute approximate surface area is 94.4 Å². The molecule has 0 heterocycles. The second kappa shape index (κ2) is 5.94. The Kier molecular flexibility index (Phi) is 5.63. The number of nitrogens with zero attached hydrogens (tertiary/aromatic N) is 1. The van der Waals surface area contributed by atoms with Crippen LogP contribution in [0.5, 0.6) is 0 Å². The van der Waals surface area contributed by atoms with Crippen LogP contribution in [0.3, 0.4) is 0 Å². The van der Waals surface area contributed by atoms with E-state index in [4.69, 9.17) is 0 Å². The summed E-state index contributed by atoms with van der Waals surface area (Å²) in [5.41, 5.74) is 1.14. The largest absolute Gasteiger partial charge is 0.337 e. The molecule has 0 rings (SSSR count). The van der Waals surface area contributed by atoms with Crippen molar-refractivity contribution in [1.82, 2.24) is 4.90 Å². The normalized spacial score (nSPS) is 14.6. The Morgan fingerprint density at radius 2 is 1.47 bits per heavy atom. The Hall–Kier alpha value is -0.790. The van der Waals surface area contributed by atoms with Gasteiger partial charge >= 0.3 is 0 Å². The number of amides is 1. The minimum atomic E-state index is -0.000185. The first-order chi connectivity index (χ1) is 6.82. The molecule has 0 aromatic heterocycles. The van der Waals surface area contributed by atoms with Crippen molar-refractivity contribution >= 4 is 5.91 Å². The van der Waals surface area contributed by atoms with Crippen LogP contribution in [-0.2, 0) is 4.79 Å². The monoisotopic (exact) mass is 211 g/mol.